The van der Waals surface area contributed by atoms with E-state index in [4.69, 9.17) is 4.74 Å². The highest BCUT2D eigenvalue weighted by Crippen LogP contribution is 2.23. The first-order chi connectivity index (χ1) is 14.0. The molecule has 6 heteroatoms. The Hall–Kier alpha value is -3.38. The fraction of sp³-hybridized carbons (Fsp3) is 0.217. The predicted molar refractivity (Wildman–Crippen MR) is 117 cm³/mol. The Balaban J connectivity index is 1.66. The molecule has 3 aromatic rings. The van der Waals surface area contributed by atoms with E-state index in [0.29, 0.717) is 5.69 Å². The van der Waals surface area contributed by atoms with Crippen LogP contribution in [0.2, 0.25) is 0 Å². The molecule has 0 heterocycles. The summed E-state index contributed by atoms with van der Waals surface area (Å²) in [4.78, 5) is 24.7. The maximum atomic E-state index is 12.7. The van der Waals surface area contributed by atoms with E-state index < -0.39 is 12.1 Å². The van der Waals surface area contributed by atoms with E-state index in [2.05, 4.69) is 16.0 Å². The normalized spacial score (nSPS) is 12.8. The molecule has 0 saturated carbocycles. The number of ether oxygens (including phenoxy) is 1. The number of nitrogens with one attached hydrogen (secondary N) is 3. The largest absolute Gasteiger partial charge is 0.374 e. The van der Waals surface area contributed by atoms with Crippen LogP contribution in [0, 0.1) is 0 Å². The monoisotopic (exact) mass is 391 g/mol. The number of carbonyl (C=O) groups is 2. The van der Waals surface area contributed by atoms with Gasteiger partial charge in [0.05, 0.1) is 0 Å². The van der Waals surface area contributed by atoms with Gasteiger partial charge in [0.1, 0.15) is 12.1 Å². The van der Waals surface area contributed by atoms with Gasteiger partial charge in [-0.3, -0.25) is 9.59 Å². The molecule has 0 aliphatic rings. The van der Waals surface area contributed by atoms with Gasteiger partial charge < -0.3 is 20.7 Å². The molecule has 150 valence electrons. The van der Waals surface area contributed by atoms with Crippen LogP contribution in [-0.2, 0) is 14.3 Å². The van der Waals surface area contributed by atoms with Crippen molar-refractivity contribution in [2.45, 2.75) is 26.0 Å². The third-order valence-corrected chi connectivity index (χ3v) is 4.68. The number of carbonyl (C=O) groups excluding carboxylic acids is 2. The highest BCUT2D eigenvalue weighted by Gasteiger charge is 2.15. The van der Waals surface area contributed by atoms with E-state index in [9.17, 15) is 9.59 Å². The predicted octanol–water partition coefficient (Wildman–Crippen LogP) is 4.25. The molecule has 0 bridgehead atoms. The maximum absolute atomic E-state index is 12.7. The number of amides is 2. The van der Waals surface area contributed by atoms with E-state index >= 15 is 0 Å². The van der Waals surface area contributed by atoms with Gasteiger partial charge in [0.2, 0.25) is 5.91 Å². The summed E-state index contributed by atoms with van der Waals surface area (Å²) in [5, 5.41) is 11.0. The third kappa shape index (κ3) is 5.12. The van der Waals surface area contributed by atoms with Crippen LogP contribution < -0.4 is 16.0 Å². The lowest BCUT2D eigenvalue weighted by Gasteiger charge is -2.17. The summed E-state index contributed by atoms with van der Waals surface area (Å²) in [6.45, 7) is 3.47. The topological polar surface area (TPSA) is 79.5 Å². The van der Waals surface area contributed by atoms with Crippen molar-refractivity contribution in [3.8, 4) is 0 Å². The van der Waals surface area contributed by atoms with Crippen LogP contribution in [0.15, 0.2) is 66.7 Å². The second kappa shape index (κ2) is 9.21. The van der Waals surface area contributed by atoms with Gasteiger partial charge in [-0.05, 0) is 43.5 Å². The van der Waals surface area contributed by atoms with Crippen molar-refractivity contribution in [3.63, 3.8) is 0 Å². The molecule has 2 unspecified atom stereocenters. The number of rotatable bonds is 7. The van der Waals surface area contributed by atoms with E-state index in [1.807, 2.05) is 54.6 Å². The highest BCUT2D eigenvalue weighted by molar-refractivity contribution is 6.04. The van der Waals surface area contributed by atoms with Crippen molar-refractivity contribution in [1.82, 2.24) is 0 Å². The number of anilines is 3. The summed E-state index contributed by atoms with van der Waals surface area (Å²) in [5.41, 5.74) is 2.13. The molecule has 2 atom stereocenters. The molecule has 3 aromatic carbocycles. The Morgan fingerprint density at radius 2 is 1.52 bits per heavy atom. The fourth-order valence-electron chi connectivity index (χ4n) is 2.93. The molecule has 0 aliphatic carbocycles. The summed E-state index contributed by atoms with van der Waals surface area (Å²) in [6, 6.07) is 20.5. The van der Waals surface area contributed by atoms with Crippen molar-refractivity contribution in [3.05, 3.63) is 66.7 Å². The van der Waals surface area contributed by atoms with Gasteiger partial charge in [0.25, 0.3) is 5.91 Å². The smallest absolute Gasteiger partial charge is 0.253 e. The van der Waals surface area contributed by atoms with E-state index in [1.165, 1.54) is 7.11 Å². The first kappa shape index (κ1) is 20.4. The van der Waals surface area contributed by atoms with Crippen LogP contribution in [-0.4, -0.2) is 31.1 Å². The van der Waals surface area contributed by atoms with E-state index in [-0.39, 0.29) is 11.8 Å². The minimum atomic E-state index is -0.544. The standard InChI is InChI=1S/C23H25N3O3/c1-15(22(27)26-21-13-6-9-17-8-4-5-12-20(17)21)24-18-10-7-11-19(14-18)25-23(28)16(2)29-3/h4-16,24H,1-3H3,(H,25,28)(H,26,27). The molecule has 3 rings (SSSR count). The molecule has 0 fully saturated rings. The number of methoxy groups -OCH3 is 1. The van der Waals surface area contributed by atoms with Crippen molar-refractivity contribution < 1.29 is 14.3 Å². The molecule has 0 radical (unpaired) electrons. The molecular weight excluding hydrogens is 366 g/mol. The van der Waals surface area contributed by atoms with Crippen molar-refractivity contribution >= 4 is 39.6 Å². The van der Waals surface area contributed by atoms with E-state index in [1.54, 1.807) is 26.0 Å². The van der Waals surface area contributed by atoms with Crippen LogP contribution in [0.25, 0.3) is 10.8 Å². The molecule has 0 saturated heterocycles. The van der Waals surface area contributed by atoms with Gasteiger partial charge in [0, 0.05) is 29.6 Å². The number of benzene rings is 3. The van der Waals surface area contributed by atoms with Crippen LogP contribution in [0.4, 0.5) is 17.1 Å². The summed E-state index contributed by atoms with van der Waals surface area (Å²) < 4.78 is 5.02. The van der Waals surface area contributed by atoms with Crippen LogP contribution in [0.1, 0.15) is 13.8 Å². The zero-order valence-electron chi connectivity index (χ0n) is 16.7. The lowest BCUT2D eigenvalue weighted by molar-refractivity contribution is -0.124. The Kier molecular flexibility index (Phi) is 6.46. The number of hydrogen-bond acceptors (Lipinski definition) is 4. The molecule has 29 heavy (non-hydrogen) atoms. The lowest BCUT2D eigenvalue weighted by atomic mass is 10.1. The minimum Gasteiger partial charge on any atom is -0.374 e. The summed E-state index contributed by atoms with van der Waals surface area (Å²) in [5.74, 6) is -0.379. The van der Waals surface area contributed by atoms with Crippen molar-refractivity contribution in [2.75, 3.05) is 23.1 Å². The van der Waals surface area contributed by atoms with Gasteiger partial charge in [0.15, 0.2) is 0 Å². The molecule has 2 amide bonds. The summed E-state index contributed by atoms with van der Waals surface area (Å²) >= 11 is 0. The van der Waals surface area contributed by atoms with Gasteiger partial charge in [-0.15, -0.1) is 0 Å². The lowest BCUT2D eigenvalue weighted by Crippen LogP contribution is -2.32. The fourth-order valence-corrected chi connectivity index (χ4v) is 2.93. The Labute approximate surface area is 170 Å². The molecular formula is C23H25N3O3. The zero-order valence-corrected chi connectivity index (χ0v) is 16.7. The third-order valence-electron chi connectivity index (χ3n) is 4.68. The van der Waals surface area contributed by atoms with Crippen molar-refractivity contribution in [1.29, 1.82) is 0 Å². The molecule has 3 N–H and O–H groups in total. The van der Waals surface area contributed by atoms with Gasteiger partial charge in [-0.1, -0.05) is 42.5 Å². The van der Waals surface area contributed by atoms with Crippen molar-refractivity contribution in [2.24, 2.45) is 0 Å². The van der Waals surface area contributed by atoms with E-state index in [0.717, 1.165) is 22.1 Å². The number of fused-ring (bicyclic) bond motifs is 1. The van der Waals surface area contributed by atoms with Gasteiger partial charge in [-0.2, -0.15) is 0 Å². The number of hydrogen-bond donors (Lipinski definition) is 3. The summed E-state index contributed by atoms with van der Waals surface area (Å²) in [7, 11) is 1.48. The van der Waals surface area contributed by atoms with Crippen LogP contribution in [0.5, 0.6) is 0 Å². The van der Waals surface area contributed by atoms with Gasteiger partial charge in [-0.25, -0.2) is 0 Å². The minimum absolute atomic E-state index is 0.149. The first-order valence-electron chi connectivity index (χ1n) is 9.47. The molecule has 6 nitrogen and oxygen atoms in total. The molecule has 0 spiro atoms. The SMILES string of the molecule is COC(C)C(=O)Nc1cccc(NC(C)C(=O)Nc2cccc3ccccc23)c1. The molecule has 0 aliphatic heterocycles. The summed E-state index contributed by atoms with van der Waals surface area (Å²) in [6.07, 6.45) is -0.544. The Morgan fingerprint density at radius 3 is 2.31 bits per heavy atom. The Bertz CT molecular complexity index is 1010. The maximum Gasteiger partial charge on any atom is 0.253 e. The second-order valence-corrected chi connectivity index (χ2v) is 6.83. The first-order valence-corrected chi connectivity index (χ1v) is 9.47. The van der Waals surface area contributed by atoms with Crippen LogP contribution in [0.3, 0.4) is 0 Å². The van der Waals surface area contributed by atoms with Crippen LogP contribution >= 0.6 is 0 Å². The average Bonchev–Trinajstić information content (AvgIpc) is 2.73. The zero-order chi connectivity index (χ0) is 20.8. The average molecular weight is 391 g/mol. The highest BCUT2D eigenvalue weighted by atomic mass is 16.5. The van der Waals surface area contributed by atoms with Gasteiger partial charge >= 0.3 is 0 Å². The second-order valence-electron chi connectivity index (χ2n) is 6.83. The quantitative estimate of drug-likeness (QED) is 0.562. The Morgan fingerprint density at radius 1 is 0.828 bits per heavy atom. The molecule has 0 aromatic heterocycles.